The number of carbonyl (C=O) groups excluding carboxylic acids is 1. The van der Waals surface area contributed by atoms with Crippen LogP contribution in [0.5, 0.6) is 0 Å². The number of rotatable bonds is 6. The van der Waals surface area contributed by atoms with E-state index in [0.717, 1.165) is 10.6 Å². The molecule has 136 valence electrons. The Hall–Kier alpha value is -1.64. The molecule has 0 aromatic carbocycles. The van der Waals surface area contributed by atoms with Gasteiger partial charge in [0.1, 0.15) is 5.76 Å². The Morgan fingerprint density at radius 1 is 1.36 bits per heavy atom. The van der Waals surface area contributed by atoms with Gasteiger partial charge < -0.3 is 9.32 Å². The van der Waals surface area contributed by atoms with Gasteiger partial charge in [-0.3, -0.25) is 4.79 Å². The van der Waals surface area contributed by atoms with E-state index in [9.17, 15) is 13.2 Å². The van der Waals surface area contributed by atoms with Gasteiger partial charge >= 0.3 is 0 Å². The second-order valence-electron chi connectivity index (χ2n) is 6.31. The van der Waals surface area contributed by atoms with E-state index in [-0.39, 0.29) is 18.4 Å². The van der Waals surface area contributed by atoms with E-state index < -0.39 is 10.0 Å². The Labute approximate surface area is 152 Å². The topological polar surface area (TPSA) is 70.8 Å². The number of piperidine rings is 1. The second kappa shape index (κ2) is 7.72. The van der Waals surface area contributed by atoms with Crippen molar-refractivity contribution in [2.45, 2.75) is 25.9 Å². The first-order valence-electron chi connectivity index (χ1n) is 8.22. The molecule has 0 saturated carbocycles. The van der Waals surface area contributed by atoms with Crippen LogP contribution in [0, 0.1) is 5.92 Å². The maximum Gasteiger partial charge on any atom is 0.227 e. The quantitative estimate of drug-likeness (QED) is 0.770. The molecule has 25 heavy (non-hydrogen) atoms. The van der Waals surface area contributed by atoms with Crippen LogP contribution >= 0.6 is 11.3 Å². The van der Waals surface area contributed by atoms with Gasteiger partial charge in [0.25, 0.3) is 0 Å². The van der Waals surface area contributed by atoms with Crippen LogP contribution in [0.2, 0.25) is 0 Å². The fourth-order valence-corrected chi connectivity index (χ4v) is 4.73. The summed E-state index contributed by atoms with van der Waals surface area (Å²) in [7, 11) is -3.27. The van der Waals surface area contributed by atoms with Gasteiger partial charge in [0, 0.05) is 18.0 Å². The van der Waals surface area contributed by atoms with E-state index in [4.69, 9.17) is 4.42 Å². The van der Waals surface area contributed by atoms with E-state index >= 15 is 0 Å². The molecule has 0 N–H and O–H groups in total. The van der Waals surface area contributed by atoms with Gasteiger partial charge in [-0.1, -0.05) is 6.07 Å². The zero-order chi connectivity index (χ0) is 17.9. The summed E-state index contributed by atoms with van der Waals surface area (Å²) in [5.74, 6) is 0.400. The third-order valence-electron chi connectivity index (χ3n) is 4.37. The average molecular weight is 383 g/mol. The number of nitrogens with zero attached hydrogens (tertiary/aromatic N) is 2. The summed E-state index contributed by atoms with van der Waals surface area (Å²) >= 11 is 1.60. The number of carbonyl (C=O) groups is 1. The molecule has 1 unspecified atom stereocenters. The third kappa shape index (κ3) is 4.71. The molecule has 0 spiro atoms. The molecule has 6 nitrogen and oxygen atoms in total. The summed E-state index contributed by atoms with van der Waals surface area (Å²) in [6.07, 6.45) is 4.21. The van der Waals surface area contributed by atoms with Gasteiger partial charge in [-0.25, -0.2) is 12.7 Å². The van der Waals surface area contributed by atoms with Crippen molar-refractivity contribution in [1.82, 2.24) is 9.21 Å². The highest BCUT2D eigenvalue weighted by molar-refractivity contribution is 7.88. The lowest BCUT2D eigenvalue weighted by Gasteiger charge is -2.33. The summed E-state index contributed by atoms with van der Waals surface area (Å²) < 4.78 is 30.5. The molecule has 0 radical (unpaired) electrons. The molecule has 1 aliphatic heterocycles. The van der Waals surface area contributed by atoms with E-state index in [2.05, 4.69) is 0 Å². The van der Waals surface area contributed by atoms with Gasteiger partial charge in [0.2, 0.25) is 15.9 Å². The molecule has 0 bridgehead atoms. The molecule has 1 amide bonds. The summed E-state index contributed by atoms with van der Waals surface area (Å²) in [6, 6.07) is 7.60. The van der Waals surface area contributed by atoms with Crippen molar-refractivity contribution in [2.24, 2.45) is 5.92 Å². The molecule has 1 aliphatic rings. The summed E-state index contributed by atoms with van der Waals surface area (Å²) in [4.78, 5) is 15.9. The lowest BCUT2D eigenvalue weighted by atomic mass is 9.98. The molecule has 0 aliphatic carbocycles. The number of thiophene rings is 1. The maximum absolute atomic E-state index is 13.1. The van der Waals surface area contributed by atoms with Crippen LogP contribution in [0.3, 0.4) is 0 Å². The lowest BCUT2D eigenvalue weighted by molar-refractivity contribution is -0.138. The molecule has 1 fully saturated rings. The number of sulfonamides is 1. The van der Waals surface area contributed by atoms with E-state index in [0.29, 0.717) is 32.5 Å². The van der Waals surface area contributed by atoms with E-state index in [1.807, 2.05) is 23.6 Å². The summed E-state index contributed by atoms with van der Waals surface area (Å²) in [5, 5.41) is 1.98. The summed E-state index contributed by atoms with van der Waals surface area (Å²) in [5.41, 5.74) is 0. The average Bonchev–Trinajstić information content (AvgIpc) is 3.27. The Morgan fingerprint density at radius 2 is 2.20 bits per heavy atom. The minimum atomic E-state index is -3.27. The second-order valence-corrected chi connectivity index (χ2v) is 9.33. The maximum atomic E-state index is 13.1. The van der Waals surface area contributed by atoms with E-state index in [1.165, 1.54) is 10.6 Å². The van der Waals surface area contributed by atoms with Crippen LogP contribution in [-0.4, -0.2) is 42.9 Å². The number of hydrogen-bond acceptors (Lipinski definition) is 5. The Bertz CT molecular complexity index is 748. The molecular weight excluding hydrogens is 360 g/mol. The predicted molar refractivity (Wildman–Crippen MR) is 96.4 cm³/mol. The fourth-order valence-electron chi connectivity index (χ4n) is 3.10. The molecule has 3 heterocycles. The number of amides is 1. The van der Waals surface area contributed by atoms with Crippen LogP contribution in [0.1, 0.15) is 23.5 Å². The van der Waals surface area contributed by atoms with Crippen LogP contribution in [0.15, 0.2) is 40.3 Å². The van der Waals surface area contributed by atoms with Crippen LogP contribution in [-0.2, 0) is 27.9 Å². The SMILES string of the molecule is CS(=O)(=O)N1CCCC(C(=O)N(Cc2ccco2)Cc2cccs2)C1. The van der Waals surface area contributed by atoms with Crippen molar-refractivity contribution in [1.29, 1.82) is 0 Å². The molecule has 2 aromatic rings. The molecule has 2 aromatic heterocycles. The first-order chi connectivity index (χ1) is 11.9. The van der Waals surface area contributed by atoms with Gasteiger partial charge in [0.05, 0.1) is 31.5 Å². The van der Waals surface area contributed by atoms with Gasteiger partial charge in [-0.05, 0) is 36.4 Å². The normalized spacial score (nSPS) is 19.0. The minimum absolute atomic E-state index is 0.0156. The fraction of sp³-hybridized carbons (Fsp3) is 0.471. The largest absolute Gasteiger partial charge is 0.467 e. The molecular formula is C17H22N2O4S2. The lowest BCUT2D eigenvalue weighted by Crippen LogP contribution is -2.46. The Morgan fingerprint density at radius 3 is 2.84 bits per heavy atom. The Balaban J connectivity index is 1.75. The number of hydrogen-bond donors (Lipinski definition) is 0. The van der Waals surface area contributed by atoms with Crippen molar-refractivity contribution in [3.63, 3.8) is 0 Å². The minimum Gasteiger partial charge on any atom is -0.467 e. The molecule has 1 saturated heterocycles. The van der Waals surface area contributed by atoms with Crippen molar-refractivity contribution in [3.8, 4) is 0 Å². The van der Waals surface area contributed by atoms with Crippen LogP contribution < -0.4 is 0 Å². The van der Waals surface area contributed by atoms with Crippen molar-refractivity contribution in [2.75, 3.05) is 19.3 Å². The highest BCUT2D eigenvalue weighted by atomic mass is 32.2. The monoisotopic (exact) mass is 382 g/mol. The molecule has 1 atom stereocenters. The van der Waals surface area contributed by atoms with Crippen molar-refractivity contribution < 1.29 is 17.6 Å². The van der Waals surface area contributed by atoms with Crippen LogP contribution in [0.4, 0.5) is 0 Å². The van der Waals surface area contributed by atoms with Gasteiger partial charge in [-0.15, -0.1) is 11.3 Å². The predicted octanol–water partition coefficient (Wildman–Crippen LogP) is 2.54. The van der Waals surface area contributed by atoms with Crippen LogP contribution in [0.25, 0.3) is 0 Å². The van der Waals surface area contributed by atoms with E-state index in [1.54, 1.807) is 28.6 Å². The van der Waals surface area contributed by atoms with Crippen molar-refractivity contribution >= 4 is 27.3 Å². The van der Waals surface area contributed by atoms with Gasteiger partial charge in [0.15, 0.2) is 0 Å². The highest BCUT2D eigenvalue weighted by Gasteiger charge is 2.33. The smallest absolute Gasteiger partial charge is 0.227 e. The first-order valence-corrected chi connectivity index (χ1v) is 10.9. The molecule has 8 heteroatoms. The Kier molecular flexibility index (Phi) is 5.61. The zero-order valence-electron chi connectivity index (χ0n) is 14.1. The zero-order valence-corrected chi connectivity index (χ0v) is 15.8. The first kappa shape index (κ1) is 18.2. The highest BCUT2D eigenvalue weighted by Crippen LogP contribution is 2.24. The third-order valence-corrected chi connectivity index (χ3v) is 6.50. The standard InChI is InChI=1S/C17H22N2O4S2/c1-25(21,22)19-8-2-5-14(11-19)17(20)18(12-15-6-3-9-23-15)13-16-7-4-10-24-16/h3-4,6-7,9-10,14H,2,5,8,11-13H2,1H3. The molecule has 3 rings (SSSR count). The summed E-state index contributed by atoms with van der Waals surface area (Å²) in [6.45, 7) is 1.65. The van der Waals surface area contributed by atoms with Gasteiger partial charge in [-0.2, -0.15) is 0 Å². The number of furan rings is 1. The van der Waals surface area contributed by atoms with Crippen molar-refractivity contribution in [3.05, 3.63) is 46.5 Å².